The standard InChI is InChI=1S/C21H22ClFN2O3/c1-4-28-18-9-8-13(10-15(18)22)14-11-25(3)21(27)19(14)20(26)24-17-7-5-6-16(23)12(17)2/h5-10,14,19H,4,11H2,1-3H3,(H,24,26)/t14-,19+/m0/s1. The van der Waals surface area contributed by atoms with Crippen LogP contribution < -0.4 is 10.1 Å². The van der Waals surface area contributed by atoms with Gasteiger partial charge in [-0.3, -0.25) is 9.59 Å². The van der Waals surface area contributed by atoms with Gasteiger partial charge in [0.2, 0.25) is 11.8 Å². The Morgan fingerprint density at radius 1 is 1.36 bits per heavy atom. The summed E-state index contributed by atoms with van der Waals surface area (Å²) in [6.07, 6.45) is 0. The minimum Gasteiger partial charge on any atom is -0.492 e. The Hall–Kier alpha value is -2.60. The molecule has 2 atom stereocenters. The van der Waals surface area contributed by atoms with Crippen LogP contribution in [0.1, 0.15) is 24.0 Å². The Balaban J connectivity index is 1.89. The second-order valence-electron chi connectivity index (χ2n) is 6.83. The van der Waals surface area contributed by atoms with Crippen molar-refractivity contribution in [3.63, 3.8) is 0 Å². The van der Waals surface area contributed by atoms with E-state index in [1.54, 1.807) is 32.2 Å². The molecule has 0 radical (unpaired) electrons. The van der Waals surface area contributed by atoms with Crippen molar-refractivity contribution in [3.8, 4) is 5.75 Å². The van der Waals surface area contributed by atoms with Crippen molar-refractivity contribution in [3.05, 3.63) is 58.4 Å². The van der Waals surface area contributed by atoms with Crippen molar-refractivity contribution in [1.82, 2.24) is 4.90 Å². The van der Waals surface area contributed by atoms with Gasteiger partial charge < -0.3 is 15.0 Å². The van der Waals surface area contributed by atoms with E-state index in [-0.39, 0.29) is 11.8 Å². The molecule has 0 unspecified atom stereocenters. The molecule has 1 aliphatic heterocycles. The number of likely N-dealkylation sites (N-methyl/N-ethyl adjacent to an activating group) is 1. The summed E-state index contributed by atoms with van der Waals surface area (Å²) < 4.78 is 19.2. The van der Waals surface area contributed by atoms with Gasteiger partial charge in [0.25, 0.3) is 0 Å². The molecule has 0 aliphatic carbocycles. The number of amides is 2. The fourth-order valence-corrected chi connectivity index (χ4v) is 3.71. The zero-order chi connectivity index (χ0) is 20.4. The lowest BCUT2D eigenvalue weighted by molar-refractivity contribution is -0.135. The number of likely N-dealkylation sites (tertiary alicyclic amines) is 1. The highest BCUT2D eigenvalue weighted by molar-refractivity contribution is 6.32. The Bertz CT molecular complexity index is 919. The SMILES string of the molecule is CCOc1ccc([C@@H]2CN(C)C(=O)[C@H]2C(=O)Nc2cccc(F)c2C)cc1Cl. The highest BCUT2D eigenvalue weighted by Gasteiger charge is 2.44. The van der Waals surface area contributed by atoms with Crippen molar-refractivity contribution in [2.45, 2.75) is 19.8 Å². The summed E-state index contributed by atoms with van der Waals surface area (Å²) in [7, 11) is 1.66. The van der Waals surface area contributed by atoms with Crippen molar-refractivity contribution in [1.29, 1.82) is 0 Å². The molecular formula is C21H22ClFN2O3. The molecule has 1 saturated heterocycles. The monoisotopic (exact) mass is 404 g/mol. The molecule has 5 nitrogen and oxygen atoms in total. The number of carbonyl (C=O) groups is 2. The Morgan fingerprint density at radius 3 is 2.79 bits per heavy atom. The third-order valence-electron chi connectivity index (χ3n) is 5.01. The van der Waals surface area contributed by atoms with Gasteiger partial charge in [0.05, 0.1) is 11.6 Å². The smallest absolute Gasteiger partial charge is 0.237 e. The number of rotatable bonds is 5. The molecule has 1 heterocycles. The highest BCUT2D eigenvalue weighted by atomic mass is 35.5. The van der Waals surface area contributed by atoms with E-state index in [4.69, 9.17) is 16.3 Å². The molecule has 0 bridgehead atoms. The van der Waals surface area contributed by atoms with Gasteiger partial charge in [0, 0.05) is 30.8 Å². The predicted octanol–water partition coefficient (Wildman–Crippen LogP) is 4.00. The van der Waals surface area contributed by atoms with E-state index in [1.807, 2.05) is 13.0 Å². The van der Waals surface area contributed by atoms with Gasteiger partial charge in [0.15, 0.2) is 0 Å². The van der Waals surface area contributed by atoms with E-state index in [2.05, 4.69) is 5.32 Å². The number of benzene rings is 2. The molecule has 1 fully saturated rings. The van der Waals surface area contributed by atoms with Crippen molar-refractivity contribution in [2.75, 3.05) is 25.5 Å². The van der Waals surface area contributed by atoms with E-state index in [0.717, 1.165) is 5.56 Å². The van der Waals surface area contributed by atoms with Crippen LogP contribution >= 0.6 is 11.6 Å². The number of anilines is 1. The molecule has 7 heteroatoms. The zero-order valence-electron chi connectivity index (χ0n) is 16.0. The first-order valence-electron chi connectivity index (χ1n) is 9.06. The maximum Gasteiger partial charge on any atom is 0.237 e. The second kappa shape index (κ2) is 8.19. The van der Waals surface area contributed by atoms with Gasteiger partial charge in [-0.15, -0.1) is 0 Å². The molecule has 0 spiro atoms. The van der Waals surface area contributed by atoms with Crippen LogP contribution in [0.2, 0.25) is 5.02 Å². The number of carbonyl (C=O) groups excluding carboxylic acids is 2. The van der Waals surface area contributed by atoms with Crippen LogP contribution in [-0.2, 0) is 9.59 Å². The maximum atomic E-state index is 13.8. The molecule has 28 heavy (non-hydrogen) atoms. The van der Waals surface area contributed by atoms with Gasteiger partial charge in [-0.1, -0.05) is 23.7 Å². The number of hydrogen-bond acceptors (Lipinski definition) is 3. The summed E-state index contributed by atoms with van der Waals surface area (Å²) in [4.78, 5) is 27.1. The first kappa shape index (κ1) is 20.1. The van der Waals surface area contributed by atoms with Gasteiger partial charge in [-0.25, -0.2) is 4.39 Å². The van der Waals surface area contributed by atoms with Crippen molar-refractivity contribution >= 4 is 29.1 Å². The Morgan fingerprint density at radius 2 is 2.11 bits per heavy atom. The molecule has 2 aromatic carbocycles. The number of hydrogen-bond donors (Lipinski definition) is 1. The summed E-state index contributed by atoms with van der Waals surface area (Å²) in [6, 6.07) is 9.76. The lowest BCUT2D eigenvalue weighted by Gasteiger charge is -2.18. The first-order valence-corrected chi connectivity index (χ1v) is 9.44. The summed E-state index contributed by atoms with van der Waals surface area (Å²) >= 11 is 6.29. The van der Waals surface area contributed by atoms with Crippen LogP contribution in [0.25, 0.3) is 0 Å². The topological polar surface area (TPSA) is 58.6 Å². The van der Waals surface area contributed by atoms with Crippen LogP contribution in [0.4, 0.5) is 10.1 Å². The fourth-order valence-electron chi connectivity index (χ4n) is 3.47. The van der Waals surface area contributed by atoms with Crippen LogP contribution in [-0.4, -0.2) is 36.9 Å². The molecule has 1 N–H and O–H groups in total. The molecule has 148 valence electrons. The molecule has 0 saturated carbocycles. The average Bonchev–Trinajstić information content (AvgIpc) is 2.96. The molecule has 0 aromatic heterocycles. The van der Waals surface area contributed by atoms with E-state index in [9.17, 15) is 14.0 Å². The maximum absolute atomic E-state index is 13.8. The van der Waals surface area contributed by atoms with E-state index >= 15 is 0 Å². The summed E-state index contributed by atoms with van der Waals surface area (Å²) in [5, 5.41) is 3.14. The number of ether oxygens (including phenoxy) is 1. The molecule has 2 aromatic rings. The Labute approximate surface area is 168 Å². The van der Waals surface area contributed by atoms with E-state index < -0.39 is 17.6 Å². The van der Waals surface area contributed by atoms with Gasteiger partial charge >= 0.3 is 0 Å². The summed E-state index contributed by atoms with van der Waals surface area (Å²) in [5.41, 5.74) is 1.47. The quantitative estimate of drug-likeness (QED) is 0.766. The van der Waals surface area contributed by atoms with Crippen LogP contribution in [0.5, 0.6) is 5.75 Å². The number of nitrogens with one attached hydrogen (secondary N) is 1. The highest BCUT2D eigenvalue weighted by Crippen LogP contribution is 2.37. The average molecular weight is 405 g/mol. The lowest BCUT2D eigenvalue weighted by atomic mass is 9.87. The second-order valence-corrected chi connectivity index (χ2v) is 7.23. The van der Waals surface area contributed by atoms with Crippen molar-refractivity contribution < 1.29 is 18.7 Å². The molecule has 3 rings (SSSR count). The van der Waals surface area contributed by atoms with E-state index in [1.165, 1.54) is 17.0 Å². The normalized spacial score (nSPS) is 19.0. The van der Waals surface area contributed by atoms with Gasteiger partial charge in [-0.2, -0.15) is 0 Å². The van der Waals surface area contributed by atoms with Gasteiger partial charge in [0.1, 0.15) is 17.5 Å². The largest absolute Gasteiger partial charge is 0.492 e. The minimum absolute atomic E-state index is 0.276. The van der Waals surface area contributed by atoms with Crippen LogP contribution in [0.3, 0.4) is 0 Å². The van der Waals surface area contributed by atoms with Gasteiger partial charge in [-0.05, 0) is 43.7 Å². The van der Waals surface area contributed by atoms with Crippen molar-refractivity contribution in [2.24, 2.45) is 5.92 Å². The molecular weight excluding hydrogens is 383 g/mol. The number of nitrogens with zero attached hydrogens (tertiary/aromatic N) is 1. The first-order chi connectivity index (χ1) is 13.3. The third-order valence-corrected chi connectivity index (χ3v) is 5.30. The summed E-state index contributed by atoms with van der Waals surface area (Å²) in [5.74, 6) is -1.87. The fraction of sp³-hybridized carbons (Fsp3) is 0.333. The van der Waals surface area contributed by atoms with Crippen LogP contribution in [0, 0.1) is 18.7 Å². The third kappa shape index (κ3) is 3.83. The van der Waals surface area contributed by atoms with Crippen LogP contribution in [0.15, 0.2) is 36.4 Å². The zero-order valence-corrected chi connectivity index (χ0v) is 16.7. The lowest BCUT2D eigenvalue weighted by Crippen LogP contribution is -2.33. The predicted molar refractivity (Wildman–Crippen MR) is 106 cm³/mol. The molecule has 1 aliphatic rings. The summed E-state index contributed by atoms with van der Waals surface area (Å²) in [6.45, 7) is 4.33. The Kier molecular flexibility index (Phi) is 5.89. The minimum atomic E-state index is -0.915. The van der Waals surface area contributed by atoms with E-state index in [0.29, 0.717) is 35.2 Å². The molecule has 2 amide bonds. The number of halogens is 2.